The predicted molar refractivity (Wildman–Crippen MR) is 99.6 cm³/mol. The van der Waals surface area contributed by atoms with Crippen LogP contribution in [0.25, 0.3) is 6.08 Å². The number of aromatic nitrogens is 2. The summed E-state index contributed by atoms with van der Waals surface area (Å²) in [6, 6.07) is 9.68. The van der Waals surface area contributed by atoms with E-state index in [9.17, 15) is 14.9 Å². The second-order valence-electron chi connectivity index (χ2n) is 5.70. The molecule has 0 bridgehead atoms. The minimum absolute atomic E-state index is 0.232. The molecule has 1 aromatic carbocycles. The van der Waals surface area contributed by atoms with Gasteiger partial charge in [0.05, 0.1) is 37.1 Å². The van der Waals surface area contributed by atoms with Crippen LogP contribution in [0, 0.1) is 10.1 Å². The number of benzene rings is 1. The molecule has 9 heteroatoms. The van der Waals surface area contributed by atoms with Gasteiger partial charge in [0.15, 0.2) is 5.78 Å². The number of rotatable bonds is 8. The van der Waals surface area contributed by atoms with Crippen LogP contribution in [0.1, 0.15) is 21.9 Å². The van der Waals surface area contributed by atoms with Crippen molar-refractivity contribution in [2.75, 3.05) is 14.2 Å². The van der Waals surface area contributed by atoms with E-state index in [1.165, 1.54) is 43.3 Å². The van der Waals surface area contributed by atoms with Crippen LogP contribution in [0.5, 0.6) is 11.5 Å². The smallest absolute Gasteiger partial charge is 0.389 e. The van der Waals surface area contributed by atoms with E-state index in [0.717, 1.165) is 0 Å². The summed E-state index contributed by atoms with van der Waals surface area (Å²) in [6.45, 7) is 0.235. The van der Waals surface area contributed by atoms with Crippen molar-refractivity contribution in [1.82, 2.24) is 9.78 Å². The maximum atomic E-state index is 12.5. The van der Waals surface area contributed by atoms with Crippen molar-refractivity contribution in [3.63, 3.8) is 0 Å². The predicted octanol–water partition coefficient (Wildman–Crippen LogP) is 3.35. The Morgan fingerprint density at radius 1 is 1.25 bits per heavy atom. The van der Waals surface area contributed by atoms with Crippen LogP contribution in [0.3, 0.4) is 0 Å². The number of ketones is 1. The summed E-state index contributed by atoms with van der Waals surface area (Å²) in [4.78, 5) is 22.6. The van der Waals surface area contributed by atoms with E-state index in [1.54, 1.807) is 30.3 Å². The lowest BCUT2D eigenvalue weighted by molar-refractivity contribution is -0.389. The number of carbonyl (C=O) groups excluding carboxylic acids is 1. The highest BCUT2D eigenvalue weighted by atomic mass is 16.6. The molecule has 0 aliphatic carbocycles. The monoisotopic (exact) mass is 383 g/mol. The molecule has 0 saturated carbocycles. The third kappa shape index (κ3) is 4.26. The zero-order valence-corrected chi connectivity index (χ0v) is 15.2. The van der Waals surface area contributed by atoms with Gasteiger partial charge in [0, 0.05) is 0 Å². The lowest BCUT2D eigenvalue weighted by Gasteiger charge is -2.07. The normalized spacial score (nSPS) is 10.9. The van der Waals surface area contributed by atoms with E-state index in [1.807, 2.05) is 0 Å². The first-order valence-electron chi connectivity index (χ1n) is 8.21. The standard InChI is InChI=1S/C19H17N3O6/c1-26-14-6-8-18(27-2)16(11-14)17(23)7-5-13-3-4-15(28-13)12-21-10-9-19(20-21)22(24)25/h3-11H,12H2,1-2H3/b7-5+. The van der Waals surface area contributed by atoms with Crippen LogP contribution >= 0.6 is 0 Å². The fourth-order valence-electron chi connectivity index (χ4n) is 2.52. The first-order chi connectivity index (χ1) is 13.5. The van der Waals surface area contributed by atoms with Gasteiger partial charge in [0.1, 0.15) is 29.6 Å². The Hall–Kier alpha value is -3.88. The second-order valence-corrected chi connectivity index (χ2v) is 5.70. The van der Waals surface area contributed by atoms with Crippen LogP contribution in [-0.2, 0) is 6.54 Å². The van der Waals surface area contributed by atoms with Gasteiger partial charge in [-0.05, 0) is 47.4 Å². The van der Waals surface area contributed by atoms with Gasteiger partial charge in [-0.1, -0.05) is 0 Å². The molecule has 0 radical (unpaired) electrons. The molecule has 2 heterocycles. The van der Waals surface area contributed by atoms with Crippen LogP contribution < -0.4 is 9.47 Å². The lowest BCUT2D eigenvalue weighted by Crippen LogP contribution is -2.00. The van der Waals surface area contributed by atoms with Gasteiger partial charge < -0.3 is 24.0 Å². The van der Waals surface area contributed by atoms with Crippen molar-refractivity contribution in [2.24, 2.45) is 0 Å². The number of hydrogen-bond donors (Lipinski definition) is 0. The molecule has 0 unspecified atom stereocenters. The number of nitro groups is 1. The molecule has 2 aromatic heterocycles. The number of furan rings is 1. The van der Waals surface area contributed by atoms with Gasteiger partial charge in [0.25, 0.3) is 0 Å². The molecule has 0 saturated heterocycles. The third-order valence-corrected chi connectivity index (χ3v) is 3.88. The number of methoxy groups -OCH3 is 2. The summed E-state index contributed by atoms with van der Waals surface area (Å²) >= 11 is 0. The van der Waals surface area contributed by atoms with E-state index in [0.29, 0.717) is 28.6 Å². The molecular formula is C19H17N3O6. The van der Waals surface area contributed by atoms with Gasteiger partial charge in [-0.3, -0.25) is 4.79 Å². The molecule has 3 rings (SSSR count). The average molecular weight is 383 g/mol. The van der Waals surface area contributed by atoms with Gasteiger partial charge in [-0.2, -0.15) is 4.68 Å². The second kappa shape index (κ2) is 8.21. The number of nitrogens with zero attached hydrogens (tertiary/aromatic N) is 3. The lowest BCUT2D eigenvalue weighted by atomic mass is 10.1. The summed E-state index contributed by atoms with van der Waals surface area (Å²) in [5.41, 5.74) is 0.369. The molecule has 0 aliphatic rings. The Bertz CT molecular complexity index is 1030. The van der Waals surface area contributed by atoms with Crippen LogP contribution in [0.15, 0.2) is 53.1 Å². The summed E-state index contributed by atoms with van der Waals surface area (Å²) < 4.78 is 17.4. The van der Waals surface area contributed by atoms with E-state index < -0.39 is 4.92 Å². The Labute approximate surface area is 159 Å². The number of carbonyl (C=O) groups is 1. The molecule has 28 heavy (non-hydrogen) atoms. The zero-order chi connectivity index (χ0) is 20.1. The SMILES string of the molecule is COc1ccc(OC)c(C(=O)/C=C/c2ccc(Cn3ccc([N+](=O)[O-])n3)o2)c1. The molecule has 0 N–H and O–H groups in total. The molecular weight excluding hydrogens is 366 g/mol. The average Bonchev–Trinajstić information content (AvgIpc) is 3.35. The van der Waals surface area contributed by atoms with Gasteiger partial charge >= 0.3 is 5.82 Å². The van der Waals surface area contributed by atoms with Crippen molar-refractivity contribution in [1.29, 1.82) is 0 Å². The molecule has 0 amide bonds. The number of hydrogen-bond acceptors (Lipinski definition) is 7. The van der Waals surface area contributed by atoms with Gasteiger partial charge in [0.2, 0.25) is 0 Å². The third-order valence-electron chi connectivity index (χ3n) is 3.88. The van der Waals surface area contributed by atoms with Crippen molar-refractivity contribution < 1.29 is 23.6 Å². The largest absolute Gasteiger partial charge is 0.497 e. The zero-order valence-electron chi connectivity index (χ0n) is 15.2. The van der Waals surface area contributed by atoms with E-state index in [4.69, 9.17) is 13.9 Å². The summed E-state index contributed by atoms with van der Waals surface area (Å²) in [6.07, 6.45) is 4.41. The molecule has 0 fully saturated rings. The Morgan fingerprint density at radius 2 is 2.07 bits per heavy atom. The van der Waals surface area contributed by atoms with E-state index >= 15 is 0 Å². The molecule has 0 aliphatic heterocycles. The van der Waals surface area contributed by atoms with E-state index in [2.05, 4.69) is 5.10 Å². The Morgan fingerprint density at radius 3 is 2.75 bits per heavy atom. The first kappa shape index (κ1) is 18.9. The highest BCUT2D eigenvalue weighted by molar-refractivity contribution is 6.08. The maximum absolute atomic E-state index is 12.5. The van der Waals surface area contributed by atoms with Crippen molar-refractivity contribution in [3.8, 4) is 11.5 Å². The first-order valence-corrected chi connectivity index (χ1v) is 8.21. The Balaban J connectivity index is 1.71. The van der Waals surface area contributed by atoms with Crippen molar-refractivity contribution >= 4 is 17.7 Å². The van der Waals surface area contributed by atoms with Gasteiger partial charge in [-0.15, -0.1) is 0 Å². The molecule has 3 aromatic rings. The summed E-state index contributed by atoms with van der Waals surface area (Å²) in [5, 5.41) is 14.5. The quantitative estimate of drug-likeness (QED) is 0.254. The highest BCUT2D eigenvalue weighted by Gasteiger charge is 2.13. The number of ether oxygens (including phenoxy) is 2. The Kier molecular flexibility index (Phi) is 5.54. The highest BCUT2D eigenvalue weighted by Crippen LogP contribution is 2.25. The van der Waals surface area contributed by atoms with E-state index in [-0.39, 0.29) is 18.1 Å². The summed E-state index contributed by atoms with van der Waals surface area (Å²) in [5.74, 6) is 1.50. The van der Waals surface area contributed by atoms with Crippen LogP contribution in [0.4, 0.5) is 5.82 Å². The fourth-order valence-corrected chi connectivity index (χ4v) is 2.52. The van der Waals surface area contributed by atoms with Crippen LogP contribution in [0.2, 0.25) is 0 Å². The summed E-state index contributed by atoms with van der Waals surface area (Å²) in [7, 11) is 3.01. The van der Waals surface area contributed by atoms with Crippen molar-refractivity contribution in [2.45, 2.75) is 6.54 Å². The topological polar surface area (TPSA) is 110 Å². The van der Waals surface area contributed by atoms with Crippen molar-refractivity contribution in [3.05, 3.63) is 75.9 Å². The van der Waals surface area contributed by atoms with Gasteiger partial charge in [-0.25, -0.2) is 0 Å². The fraction of sp³-hybridized carbons (Fsp3) is 0.158. The molecule has 144 valence electrons. The van der Waals surface area contributed by atoms with Crippen LogP contribution in [-0.4, -0.2) is 34.7 Å². The number of allylic oxidation sites excluding steroid dienone is 1. The molecule has 0 atom stereocenters. The minimum atomic E-state index is -0.564. The molecule has 9 nitrogen and oxygen atoms in total. The molecule has 0 spiro atoms. The minimum Gasteiger partial charge on any atom is -0.497 e. The maximum Gasteiger partial charge on any atom is 0.389 e.